The average Bonchev–Trinajstić information content (AvgIpc) is 2.89. The molecule has 0 aromatic heterocycles. The average molecular weight is 425 g/mol. The normalized spacial score (nSPS) is 29.7. The van der Waals surface area contributed by atoms with Gasteiger partial charge >= 0.3 is 0 Å². The van der Waals surface area contributed by atoms with Crippen molar-refractivity contribution in [2.75, 3.05) is 24.5 Å². The summed E-state index contributed by atoms with van der Waals surface area (Å²) in [7, 11) is 0. The van der Waals surface area contributed by atoms with E-state index in [2.05, 4.69) is 11.9 Å². The first kappa shape index (κ1) is 22.0. The first-order valence-corrected chi connectivity index (χ1v) is 11.9. The maximum atomic E-state index is 14.4. The quantitative estimate of drug-likeness (QED) is 0.790. The molecule has 168 valence electrons. The number of para-hydroxylation sites is 1. The summed E-state index contributed by atoms with van der Waals surface area (Å²) in [6, 6.07) is 5.87. The number of benzodiazepines with no additional fused rings is 1. The van der Waals surface area contributed by atoms with Crippen molar-refractivity contribution in [3.8, 4) is 0 Å². The van der Waals surface area contributed by atoms with Crippen molar-refractivity contribution < 1.29 is 9.59 Å². The molecule has 1 aliphatic carbocycles. The van der Waals surface area contributed by atoms with E-state index in [4.69, 9.17) is 5.73 Å². The van der Waals surface area contributed by atoms with Gasteiger partial charge in [0, 0.05) is 36.8 Å². The standard InChI is InChI=1S/C25H36N4O2/c1-18-10-8-11-20-16-27-17-22(30)29(23(18)20)25(13-9-12-21(26)19(25)2)24(31)28-14-6-4-3-5-7-15-28/h8,10-11,16,19,21H,3-7,9,12-15,17,26H2,1-2H3. The second kappa shape index (κ2) is 9.11. The van der Waals surface area contributed by atoms with Gasteiger partial charge in [-0.2, -0.15) is 0 Å². The minimum atomic E-state index is -0.956. The Labute approximate surface area is 185 Å². The predicted molar refractivity (Wildman–Crippen MR) is 125 cm³/mol. The Kier molecular flexibility index (Phi) is 6.47. The molecular formula is C25H36N4O2. The van der Waals surface area contributed by atoms with Gasteiger partial charge in [0.25, 0.3) is 0 Å². The minimum absolute atomic E-state index is 0.0606. The number of aryl methyl sites for hydroxylation is 1. The lowest BCUT2D eigenvalue weighted by Crippen LogP contribution is -2.70. The number of nitrogens with zero attached hydrogens (tertiary/aromatic N) is 3. The predicted octanol–water partition coefficient (Wildman–Crippen LogP) is 3.44. The number of amides is 2. The van der Waals surface area contributed by atoms with Gasteiger partial charge in [-0.05, 0) is 44.6 Å². The van der Waals surface area contributed by atoms with E-state index in [1.165, 1.54) is 6.42 Å². The Balaban J connectivity index is 1.86. The third-order valence-corrected chi connectivity index (χ3v) is 7.60. The number of aliphatic imine (C=N–C) groups is 1. The molecule has 2 N–H and O–H groups in total. The lowest BCUT2D eigenvalue weighted by atomic mass is 9.68. The minimum Gasteiger partial charge on any atom is -0.341 e. The molecule has 0 spiro atoms. The highest BCUT2D eigenvalue weighted by Gasteiger charge is 2.56. The molecule has 6 heteroatoms. The van der Waals surface area contributed by atoms with Crippen LogP contribution in [0.3, 0.4) is 0 Å². The summed E-state index contributed by atoms with van der Waals surface area (Å²) in [4.78, 5) is 36.2. The van der Waals surface area contributed by atoms with Crippen molar-refractivity contribution in [1.82, 2.24) is 4.90 Å². The SMILES string of the molecule is Cc1cccc2c1N(C1(C(=O)N3CCCCCCC3)CCCC(N)C1C)C(=O)CN=C2. The molecule has 1 aromatic rings. The van der Waals surface area contributed by atoms with Crippen LogP contribution in [0.15, 0.2) is 23.2 Å². The zero-order chi connectivity index (χ0) is 22.0. The van der Waals surface area contributed by atoms with Crippen LogP contribution in [0.2, 0.25) is 0 Å². The number of anilines is 1. The Hall–Kier alpha value is -2.21. The third kappa shape index (κ3) is 3.91. The van der Waals surface area contributed by atoms with Gasteiger partial charge in [0.05, 0.1) is 5.69 Å². The second-order valence-corrected chi connectivity index (χ2v) is 9.54. The third-order valence-electron chi connectivity index (χ3n) is 7.60. The van der Waals surface area contributed by atoms with Crippen molar-refractivity contribution in [3.63, 3.8) is 0 Å². The molecule has 2 heterocycles. The van der Waals surface area contributed by atoms with Crippen molar-refractivity contribution in [2.24, 2.45) is 16.6 Å². The fraction of sp³-hybridized carbons (Fsp3) is 0.640. The number of hydrogen-bond donors (Lipinski definition) is 1. The highest BCUT2D eigenvalue weighted by molar-refractivity contribution is 6.10. The fourth-order valence-electron chi connectivity index (χ4n) is 5.81. The second-order valence-electron chi connectivity index (χ2n) is 9.54. The number of benzene rings is 1. The molecule has 3 atom stereocenters. The number of rotatable bonds is 2. The van der Waals surface area contributed by atoms with Gasteiger partial charge in [-0.3, -0.25) is 19.5 Å². The van der Waals surface area contributed by atoms with E-state index in [9.17, 15) is 9.59 Å². The molecule has 3 aliphatic rings. The van der Waals surface area contributed by atoms with Crippen LogP contribution in [0.4, 0.5) is 5.69 Å². The van der Waals surface area contributed by atoms with Crippen LogP contribution in [0.5, 0.6) is 0 Å². The molecule has 3 unspecified atom stereocenters. The van der Waals surface area contributed by atoms with Gasteiger partial charge in [0.15, 0.2) is 0 Å². The number of fused-ring (bicyclic) bond motifs is 1. The molecule has 1 saturated carbocycles. The Morgan fingerprint density at radius 3 is 2.58 bits per heavy atom. The molecule has 6 nitrogen and oxygen atoms in total. The zero-order valence-electron chi connectivity index (χ0n) is 19.0. The lowest BCUT2D eigenvalue weighted by molar-refractivity contribution is -0.143. The summed E-state index contributed by atoms with van der Waals surface area (Å²) in [5.74, 6) is -0.152. The maximum absolute atomic E-state index is 14.4. The zero-order valence-corrected chi connectivity index (χ0v) is 19.0. The number of nitrogens with two attached hydrogens (primary N) is 1. The van der Waals surface area contributed by atoms with E-state index in [1.807, 2.05) is 34.9 Å². The van der Waals surface area contributed by atoms with Gasteiger partial charge < -0.3 is 10.6 Å². The van der Waals surface area contributed by atoms with Gasteiger partial charge in [-0.15, -0.1) is 0 Å². The number of likely N-dealkylation sites (tertiary alicyclic amines) is 1. The largest absolute Gasteiger partial charge is 0.341 e. The summed E-state index contributed by atoms with van der Waals surface area (Å²) in [5, 5.41) is 0. The van der Waals surface area contributed by atoms with Crippen LogP contribution >= 0.6 is 0 Å². The van der Waals surface area contributed by atoms with Crippen molar-refractivity contribution in [3.05, 3.63) is 29.3 Å². The van der Waals surface area contributed by atoms with E-state index in [0.717, 1.165) is 68.4 Å². The molecule has 2 fully saturated rings. The molecule has 1 saturated heterocycles. The number of carbonyl (C=O) groups excluding carboxylic acids is 2. The molecule has 2 amide bonds. The van der Waals surface area contributed by atoms with Crippen LogP contribution in [0.1, 0.15) is 69.4 Å². The summed E-state index contributed by atoms with van der Waals surface area (Å²) < 4.78 is 0. The number of carbonyl (C=O) groups is 2. The highest BCUT2D eigenvalue weighted by Crippen LogP contribution is 2.44. The van der Waals surface area contributed by atoms with Crippen molar-refractivity contribution >= 4 is 23.7 Å². The summed E-state index contributed by atoms with van der Waals surface area (Å²) in [5.41, 5.74) is 8.35. The fourth-order valence-corrected chi connectivity index (χ4v) is 5.81. The van der Waals surface area contributed by atoms with Gasteiger partial charge in [-0.1, -0.05) is 44.4 Å². The van der Waals surface area contributed by atoms with Crippen LogP contribution in [0, 0.1) is 12.8 Å². The summed E-state index contributed by atoms with van der Waals surface area (Å²) in [6.45, 7) is 5.68. The van der Waals surface area contributed by atoms with Crippen LogP contribution < -0.4 is 10.6 Å². The Morgan fingerprint density at radius 2 is 1.84 bits per heavy atom. The topological polar surface area (TPSA) is 79.0 Å². The van der Waals surface area contributed by atoms with E-state index in [0.29, 0.717) is 6.42 Å². The van der Waals surface area contributed by atoms with E-state index in [1.54, 1.807) is 6.21 Å². The monoisotopic (exact) mass is 424 g/mol. The smallest absolute Gasteiger partial charge is 0.249 e. The molecule has 4 rings (SSSR count). The summed E-state index contributed by atoms with van der Waals surface area (Å²) in [6.07, 6.45) is 9.76. The molecule has 31 heavy (non-hydrogen) atoms. The Morgan fingerprint density at radius 1 is 1.13 bits per heavy atom. The Bertz CT molecular complexity index is 859. The van der Waals surface area contributed by atoms with E-state index in [-0.39, 0.29) is 30.3 Å². The van der Waals surface area contributed by atoms with Crippen molar-refractivity contribution in [2.45, 2.75) is 76.8 Å². The first-order valence-electron chi connectivity index (χ1n) is 11.9. The van der Waals surface area contributed by atoms with Crippen LogP contribution in [-0.4, -0.2) is 54.1 Å². The van der Waals surface area contributed by atoms with Crippen LogP contribution in [-0.2, 0) is 9.59 Å². The molecule has 0 bridgehead atoms. The maximum Gasteiger partial charge on any atom is 0.249 e. The molecule has 0 radical (unpaired) electrons. The lowest BCUT2D eigenvalue weighted by Gasteiger charge is -2.52. The number of hydrogen-bond acceptors (Lipinski definition) is 4. The van der Waals surface area contributed by atoms with Gasteiger partial charge in [0.1, 0.15) is 12.1 Å². The van der Waals surface area contributed by atoms with Crippen molar-refractivity contribution in [1.29, 1.82) is 0 Å². The van der Waals surface area contributed by atoms with E-state index >= 15 is 0 Å². The highest BCUT2D eigenvalue weighted by atomic mass is 16.2. The molecule has 2 aliphatic heterocycles. The molecule has 1 aromatic carbocycles. The van der Waals surface area contributed by atoms with Crippen LogP contribution in [0.25, 0.3) is 0 Å². The summed E-state index contributed by atoms with van der Waals surface area (Å²) >= 11 is 0. The molecular weight excluding hydrogens is 388 g/mol. The van der Waals surface area contributed by atoms with Gasteiger partial charge in [0.2, 0.25) is 11.8 Å². The first-order chi connectivity index (χ1) is 15.0. The van der Waals surface area contributed by atoms with E-state index < -0.39 is 5.54 Å². The van der Waals surface area contributed by atoms with Gasteiger partial charge in [-0.25, -0.2) is 0 Å².